The summed E-state index contributed by atoms with van der Waals surface area (Å²) >= 11 is 0. The normalized spacial score (nSPS) is 10.2. The molecule has 0 radical (unpaired) electrons. The van der Waals surface area contributed by atoms with Crippen LogP contribution in [0.5, 0.6) is 0 Å². The van der Waals surface area contributed by atoms with Crippen LogP contribution in [0.4, 0.5) is 4.79 Å². The molecule has 1 rings (SSSR count). The third-order valence-corrected chi connectivity index (χ3v) is 2.43. The molecule has 0 saturated heterocycles. The topological polar surface area (TPSA) is 75.7 Å². The standard InChI is InChI=1S/C15H18N2O4/c1-17(2)15(20)21-11-10-16-14(19)13(18)9-8-12-6-4-3-5-7-12/h3-9H,10-11H2,1-2H3,(H,16,19)/b9-8+. The second kappa shape index (κ2) is 8.52. The van der Waals surface area contributed by atoms with Gasteiger partial charge < -0.3 is 15.0 Å². The summed E-state index contributed by atoms with van der Waals surface area (Å²) in [5, 5.41) is 2.38. The highest BCUT2D eigenvalue weighted by atomic mass is 16.6. The van der Waals surface area contributed by atoms with E-state index in [2.05, 4.69) is 5.32 Å². The zero-order chi connectivity index (χ0) is 15.7. The summed E-state index contributed by atoms with van der Waals surface area (Å²) in [6.07, 6.45) is 2.27. The number of nitrogens with zero attached hydrogens (tertiary/aromatic N) is 1. The number of rotatable bonds is 6. The summed E-state index contributed by atoms with van der Waals surface area (Å²) in [6.45, 7) is 0.0990. The monoisotopic (exact) mass is 290 g/mol. The average Bonchev–Trinajstić information content (AvgIpc) is 2.49. The Bertz CT molecular complexity index is 524. The van der Waals surface area contributed by atoms with Crippen molar-refractivity contribution < 1.29 is 19.1 Å². The first-order valence-corrected chi connectivity index (χ1v) is 6.40. The molecule has 6 nitrogen and oxygen atoms in total. The van der Waals surface area contributed by atoms with Crippen LogP contribution in [0.15, 0.2) is 36.4 Å². The molecule has 0 fully saturated rings. The van der Waals surface area contributed by atoms with E-state index in [0.29, 0.717) is 0 Å². The summed E-state index contributed by atoms with van der Waals surface area (Å²) in [5.74, 6) is -1.39. The van der Waals surface area contributed by atoms with Crippen LogP contribution in [0.1, 0.15) is 5.56 Å². The lowest BCUT2D eigenvalue weighted by Gasteiger charge is -2.10. The smallest absolute Gasteiger partial charge is 0.409 e. The van der Waals surface area contributed by atoms with Crippen molar-refractivity contribution >= 4 is 23.9 Å². The summed E-state index contributed by atoms with van der Waals surface area (Å²) in [7, 11) is 3.11. The Labute approximate surface area is 123 Å². The van der Waals surface area contributed by atoms with Crippen LogP contribution in [0.25, 0.3) is 6.08 Å². The third-order valence-electron chi connectivity index (χ3n) is 2.43. The molecule has 1 aromatic carbocycles. The van der Waals surface area contributed by atoms with Crippen molar-refractivity contribution in [1.82, 2.24) is 10.2 Å². The molecule has 0 aliphatic carbocycles. The minimum absolute atomic E-state index is 0.0123. The molecule has 1 aromatic rings. The van der Waals surface area contributed by atoms with E-state index in [9.17, 15) is 14.4 Å². The zero-order valence-electron chi connectivity index (χ0n) is 12.0. The van der Waals surface area contributed by atoms with Crippen LogP contribution in [-0.2, 0) is 14.3 Å². The Kier molecular flexibility index (Phi) is 6.67. The van der Waals surface area contributed by atoms with E-state index in [1.807, 2.05) is 30.3 Å². The molecule has 0 unspecified atom stereocenters. The molecule has 0 saturated carbocycles. The van der Waals surface area contributed by atoms with E-state index in [0.717, 1.165) is 5.56 Å². The molecule has 0 heterocycles. The molecule has 1 N–H and O–H groups in total. The van der Waals surface area contributed by atoms with Gasteiger partial charge in [-0.15, -0.1) is 0 Å². The maximum absolute atomic E-state index is 11.5. The number of hydrogen-bond donors (Lipinski definition) is 1. The van der Waals surface area contributed by atoms with E-state index in [4.69, 9.17) is 4.74 Å². The Hall–Kier alpha value is -2.63. The van der Waals surface area contributed by atoms with Gasteiger partial charge in [-0.2, -0.15) is 0 Å². The molecule has 0 atom stereocenters. The van der Waals surface area contributed by atoms with Crippen LogP contribution in [0.2, 0.25) is 0 Å². The minimum atomic E-state index is -0.733. The van der Waals surface area contributed by atoms with E-state index in [-0.39, 0.29) is 13.2 Å². The largest absolute Gasteiger partial charge is 0.448 e. The predicted octanol–water partition coefficient (Wildman–Crippen LogP) is 1.08. The Balaban J connectivity index is 2.30. The minimum Gasteiger partial charge on any atom is -0.448 e. The maximum Gasteiger partial charge on any atom is 0.409 e. The van der Waals surface area contributed by atoms with Gasteiger partial charge in [0.25, 0.3) is 5.91 Å². The number of carbonyl (C=O) groups excluding carboxylic acids is 3. The lowest BCUT2D eigenvalue weighted by Crippen LogP contribution is -2.34. The molecule has 6 heteroatoms. The molecule has 0 bridgehead atoms. The molecule has 0 aliphatic heterocycles. The van der Waals surface area contributed by atoms with Gasteiger partial charge in [-0.25, -0.2) is 4.79 Å². The second-order valence-corrected chi connectivity index (χ2v) is 4.37. The van der Waals surface area contributed by atoms with Gasteiger partial charge in [-0.1, -0.05) is 36.4 Å². The highest BCUT2D eigenvalue weighted by Crippen LogP contribution is 2.00. The maximum atomic E-state index is 11.5. The van der Waals surface area contributed by atoms with Crippen LogP contribution < -0.4 is 5.32 Å². The second-order valence-electron chi connectivity index (χ2n) is 4.37. The quantitative estimate of drug-likeness (QED) is 0.483. The van der Waals surface area contributed by atoms with Gasteiger partial charge in [-0.3, -0.25) is 9.59 Å². The van der Waals surface area contributed by atoms with Crippen LogP contribution >= 0.6 is 0 Å². The number of nitrogens with one attached hydrogen (secondary N) is 1. The molecule has 0 spiro atoms. The number of carbonyl (C=O) groups is 3. The first-order chi connectivity index (χ1) is 10.0. The fourth-order valence-electron chi connectivity index (χ4n) is 1.33. The van der Waals surface area contributed by atoms with Crippen LogP contribution in [-0.4, -0.2) is 49.9 Å². The van der Waals surface area contributed by atoms with Crippen molar-refractivity contribution in [3.8, 4) is 0 Å². The number of amides is 2. The van der Waals surface area contributed by atoms with Crippen molar-refractivity contribution in [2.24, 2.45) is 0 Å². The average molecular weight is 290 g/mol. The number of ether oxygens (including phenoxy) is 1. The van der Waals surface area contributed by atoms with Gasteiger partial charge in [0.1, 0.15) is 6.61 Å². The Morgan fingerprint density at radius 2 is 1.86 bits per heavy atom. The van der Waals surface area contributed by atoms with E-state index in [1.54, 1.807) is 20.2 Å². The van der Waals surface area contributed by atoms with Crippen molar-refractivity contribution in [3.63, 3.8) is 0 Å². The summed E-state index contributed by atoms with van der Waals surface area (Å²) in [4.78, 5) is 35.4. The van der Waals surface area contributed by atoms with E-state index >= 15 is 0 Å². The molecular formula is C15H18N2O4. The van der Waals surface area contributed by atoms with Gasteiger partial charge in [0.05, 0.1) is 6.54 Å². The van der Waals surface area contributed by atoms with Gasteiger partial charge in [0.2, 0.25) is 5.78 Å². The Morgan fingerprint density at radius 1 is 1.19 bits per heavy atom. The van der Waals surface area contributed by atoms with Crippen molar-refractivity contribution in [1.29, 1.82) is 0 Å². The van der Waals surface area contributed by atoms with Crippen LogP contribution in [0.3, 0.4) is 0 Å². The Morgan fingerprint density at radius 3 is 2.48 bits per heavy atom. The molecule has 112 valence electrons. The fraction of sp³-hybridized carbons (Fsp3) is 0.267. The third kappa shape index (κ3) is 6.38. The zero-order valence-corrected chi connectivity index (χ0v) is 12.0. The molecular weight excluding hydrogens is 272 g/mol. The highest BCUT2D eigenvalue weighted by molar-refractivity contribution is 6.41. The fourth-order valence-corrected chi connectivity index (χ4v) is 1.33. The number of ketones is 1. The first-order valence-electron chi connectivity index (χ1n) is 6.40. The SMILES string of the molecule is CN(C)C(=O)OCCNC(=O)C(=O)/C=C/c1ccccc1. The van der Waals surface area contributed by atoms with Crippen molar-refractivity contribution in [3.05, 3.63) is 42.0 Å². The number of hydrogen-bond acceptors (Lipinski definition) is 4. The van der Waals surface area contributed by atoms with Crippen molar-refractivity contribution in [2.45, 2.75) is 0 Å². The molecule has 21 heavy (non-hydrogen) atoms. The van der Waals surface area contributed by atoms with Crippen LogP contribution in [0, 0.1) is 0 Å². The first kappa shape index (κ1) is 16.4. The summed E-state index contributed by atoms with van der Waals surface area (Å²) in [5.41, 5.74) is 0.832. The van der Waals surface area contributed by atoms with Gasteiger partial charge in [-0.05, 0) is 11.6 Å². The number of benzene rings is 1. The molecule has 0 aliphatic rings. The lowest BCUT2D eigenvalue weighted by molar-refractivity contribution is -0.135. The molecule has 0 aromatic heterocycles. The summed E-state index contributed by atoms with van der Waals surface area (Å²) in [6, 6.07) is 9.18. The summed E-state index contributed by atoms with van der Waals surface area (Å²) < 4.78 is 4.81. The highest BCUT2D eigenvalue weighted by Gasteiger charge is 2.10. The molecule has 2 amide bonds. The van der Waals surface area contributed by atoms with Gasteiger partial charge in [0.15, 0.2) is 0 Å². The van der Waals surface area contributed by atoms with E-state index < -0.39 is 17.8 Å². The van der Waals surface area contributed by atoms with Gasteiger partial charge >= 0.3 is 6.09 Å². The predicted molar refractivity (Wildman–Crippen MR) is 78.5 cm³/mol. The van der Waals surface area contributed by atoms with E-state index in [1.165, 1.54) is 11.0 Å². The van der Waals surface area contributed by atoms with Gasteiger partial charge in [0, 0.05) is 14.1 Å². The van der Waals surface area contributed by atoms with Crippen molar-refractivity contribution in [2.75, 3.05) is 27.2 Å². The lowest BCUT2D eigenvalue weighted by atomic mass is 10.2.